The van der Waals surface area contributed by atoms with Crippen LogP contribution in [-0.2, 0) is 16.6 Å². The fourth-order valence-electron chi connectivity index (χ4n) is 5.13. The SMILES string of the molecule is CCc1ccc(C2CC(c3cc(C(C)(C)C)n[nH]3)CN(C(=O)C3CCCC3)C2)cc1. The van der Waals surface area contributed by atoms with Gasteiger partial charge in [-0.15, -0.1) is 0 Å². The van der Waals surface area contributed by atoms with Crippen molar-refractivity contribution in [3.63, 3.8) is 0 Å². The molecule has 30 heavy (non-hydrogen) atoms. The fraction of sp³-hybridized carbons (Fsp3) is 0.615. The number of hydrogen-bond acceptors (Lipinski definition) is 2. The highest BCUT2D eigenvalue weighted by atomic mass is 16.2. The summed E-state index contributed by atoms with van der Waals surface area (Å²) in [5, 5.41) is 7.92. The Hall–Kier alpha value is -2.10. The van der Waals surface area contributed by atoms with Gasteiger partial charge in [-0.3, -0.25) is 9.89 Å². The van der Waals surface area contributed by atoms with E-state index in [0.29, 0.717) is 17.7 Å². The zero-order valence-corrected chi connectivity index (χ0v) is 19.1. The number of rotatable bonds is 4. The third-order valence-corrected chi connectivity index (χ3v) is 7.13. The maximum atomic E-state index is 13.3. The minimum absolute atomic E-state index is 0.0259. The van der Waals surface area contributed by atoms with Crippen LogP contribution in [0.1, 0.15) is 94.1 Å². The second-order valence-corrected chi connectivity index (χ2v) is 10.4. The smallest absolute Gasteiger partial charge is 0.225 e. The van der Waals surface area contributed by atoms with Crippen molar-refractivity contribution in [1.82, 2.24) is 15.1 Å². The van der Waals surface area contributed by atoms with Crippen LogP contribution < -0.4 is 0 Å². The molecule has 1 aliphatic carbocycles. The summed E-state index contributed by atoms with van der Waals surface area (Å²) >= 11 is 0. The highest BCUT2D eigenvalue weighted by molar-refractivity contribution is 5.79. The van der Waals surface area contributed by atoms with Gasteiger partial charge in [0.2, 0.25) is 5.91 Å². The molecule has 2 aliphatic rings. The summed E-state index contributed by atoms with van der Waals surface area (Å²) in [4.78, 5) is 15.5. The van der Waals surface area contributed by atoms with Crippen LogP contribution in [0.2, 0.25) is 0 Å². The van der Waals surface area contributed by atoms with Gasteiger partial charge in [-0.1, -0.05) is 64.8 Å². The monoisotopic (exact) mass is 407 g/mol. The molecule has 1 aliphatic heterocycles. The Labute approximate surface area is 181 Å². The number of piperidine rings is 1. The van der Waals surface area contributed by atoms with Crippen molar-refractivity contribution >= 4 is 5.91 Å². The third kappa shape index (κ3) is 4.48. The molecule has 1 saturated heterocycles. The van der Waals surface area contributed by atoms with Gasteiger partial charge in [-0.25, -0.2) is 0 Å². The second kappa shape index (κ2) is 8.56. The Morgan fingerprint density at radius 1 is 1.10 bits per heavy atom. The maximum Gasteiger partial charge on any atom is 0.225 e. The van der Waals surface area contributed by atoms with Crippen LogP contribution in [0.5, 0.6) is 0 Å². The Balaban J connectivity index is 1.60. The summed E-state index contributed by atoms with van der Waals surface area (Å²) < 4.78 is 0. The number of aromatic nitrogens is 2. The molecule has 162 valence electrons. The largest absolute Gasteiger partial charge is 0.341 e. The molecule has 0 radical (unpaired) electrons. The Bertz CT molecular complexity index is 855. The number of aromatic amines is 1. The fourth-order valence-corrected chi connectivity index (χ4v) is 5.13. The van der Waals surface area contributed by atoms with Crippen molar-refractivity contribution in [2.45, 2.75) is 83.5 Å². The van der Waals surface area contributed by atoms with Crippen LogP contribution in [0.15, 0.2) is 30.3 Å². The molecule has 1 saturated carbocycles. The summed E-state index contributed by atoms with van der Waals surface area (Å²) in [5.41, 5.74) is 5.03. The van der Waals surface area contributed by atoms with Gasteiger partial charge in [0.05, 0.1) is 5.69 Å². The van der Waals surface area contributed by atoms with Crippen LogP contribution in [0.4, 0.5) is 0 Å². The van der Waals surface area contributed by atoms with Gasteiger partial charge >= 0.3 is 0 Å². The zero-order valence-electron chi connectivity index (χ0n) is 19.1. The quantitative estimate of drug-likeness (QED) is 0.721. The van der Waals surface area contributed by atoms with Crippen molar-refractivity contribution in [2.24, 2.45) is 5.92 Å². The molecule has 0 spiro atoms. The van der Waals surface area contributed by atoms with Crippen LogP contribution >= 0.6 is 0 Å². The molecule has 4 nitrogen and oxygen atoms in total. The summed E-state index contributed by atoms with van der Waals surface area (Å²) in [6.45, 7) is 10.4. The summed E-state index contributed by atoms with van der Waals surface area (Å²) in [6.07, 6.45) is 6.65. The van der Waals surface area contributed by atoms with Gasteiger partial charge in [0.15, 0.2) is 0 Å². The van der Waals surface area contributed by atoms with E-state index in [2.05, 4.69) is 73.1 Å². The van der Waals surface area contributed by atoms with E-state index in [1.807, 2.05) is 0 Å². The molecule has 2 unspecified atom stereocenters. The first-order valence-electron chi connectivity index (χ1n) is 11.8. The van der Waals surface area contributed by atoms with Crippen molar-refractivity contribution in [2.75, 3.05) is 13.1 Å². The van der Waals surface area contributed by atoms with Crippen molar-refractivity contribution in [1.29, 1.82) is 0 Å². The molecule has 2 heterocycles. The predicted octanol–water partition coefficient (Wildman–Crippen LogP) is 5.56. The lowest BCUT2D eigenvalue weighted by atomic mass is 9.81. The van der Waals surface area contributed by atoms with E-state index in [4.69, 9.17) is 0 Å². The molecular formula is C26H37N3O. The maximum absolute atomic E-state index is 13.3. The molecule has 0 bridgehead atoms. The average Bonchev–Trinajstić information content (AvgIpc) is 3.45. The molecule has 2 aromatic rings. The molecule has 1 amide bonds. The minimum atomic E-state index is 0.0259. The first-order chi connectivity index (χ1) is 14.3. The number of likely N-dealkylation sites (tertiary alicyclic amines) is 1. The van der Waals surface area contributed by atoms with Gasteiger partial charge < -0.3 is 4.90 Å². The van der Waals surface area contributed by atoms with E-state index >= 15 is 0 Å². The van der Waals surface area contributed by atoms with E-state index in [9.17, 15) is 4.79 Å². The standard InChI is InChI=1S/C26H37N3O/c1-5-18-10-12-19(13-11-18)21-14-22(23-15-24(28-27-23)26(2,3)4)17-29(16-21)25(30)20-8-6-7-9-20/h10-13,15,20-22H,5-9,14,16-17H2,1-4H3,(H,27,28). The van der Waals surface area contributed by atoms with Crippen molar-refractivity contribution in [3.8, 4) is 0 Å². The molecule has 2 atom stereocenters. The van der Waals surface area contributed by atoms with Gasteiger partial charge in [-0.2, -0.15) is 5.10 Å². The number of carbonyl (C=O) groups is 1. The van der Waals surface area contributed by atoms with E-state index in [1.165, 1.54) is 29.7 Å². The molecule has 1 aromatic carbocycles. The predicted molar refractivity (Wildman–Crippen MR) is 122 cm³/mol. The Kier molecular flexibility index (Phi) is 6.04. The number of H-pyrrole nitrogens is 1. The number of hydrogen-bond donors (Lipinski definition) is 1. The average molecular weight is 408 g/mol. The van der Waals surface area contributed by atoms with Gasteiger partial charge in [0.1, 0.15) is 0 Å². The molecular weight excluding hydrogens is 370 g/mol. The van der Waals surface area contributed by atoms with E-state index in [0.717, 1.165) is 44.5 Å². The number of aryl methyl sites for hydroxylation is 1. The Morgan fingerprint density at radius 2 is 1.77 bits per heavy atom. The molecule has 1 aromatic heterocycles. The summed E-state index contributed by atoms with van der Waals surface area (Å²) in [5.74, 6) is 1.30. The van der Waals surface area contributed by atoms with Crippen LogP contribution in [0.3, 0.4) is 0 Å². The lowest BCUT2D eigenvalue weighted by Crippen LogP contribution is -2.44. The van der Waals surface area contributed by atoms with Crippen LogP contribution in [0, 0.1) is 5.92 Å². The molecule has 4 heteroatoms. The first-order valence-corrected chi connectivity index (χ1v) is 11.8. The lowest BCUT2D eigenvalue weighted by molar-refractivity contribution is -0.137. The highest BCUT2D eigenvalue weighted by Gasteiger charge is 2.36. The van der Waals surface area contributed by atoms with Crippen molar-refractivity contribution < 1.29 is 4.79 Å². The summed E-state index contributed by atoms with van der Waals surface area (Å²) in [7, 11) is 0. The minimum Gasteiger partial charge on any atom is -0.341 e. The number of nitrogens with one attached hydrogen (secondary N) is 1. The number of benzene rings is 1. The normalized spacial score (nSPS) is 23.1. The summed E-state index contributed by atoms with van der Waals surface area (Å²) in [6, 6.07) is 11.3. The molecule has 4 rings (SSSR count). The second-order valence-electron chi connectivity index (χ2n) is 10.4. The lowest BCUT2D eigenvalue weighted by Gasteiger charge is -2.39. The van der Waals surface area contributed by atoms with Crippen molar-refractivity contribution in [3.05, 3.63) is 52.8 Å². The topological polar surface area (TPSA) is 49.0 Å². The number of nitrogens with zero attached hydrogens (tertiary/aromatic N) is 2. The Morgan fingerprint density at radius 3 is 2.37 bits per heavy atom. The van der Waals surface area contributed by atoms with E-state index in [1.54, 1.807) is 0 Å². The van der Waals surface area contributed by atoms with E-state index < -0.39 is 0 Å². The van der Waals surface area contributed by atoms with Crippen LogP contribution in [-0.4, -0.2) is 34.1 Å². The first kappa shape index (κ1) is 21.1. The van der Waals surface area contributed by atoms with E-state index in [-0.39, 0.29) is 11.3 Å². The third-order valence-electron chi connectivity index (χ3n) is 7.13. The zero-order chi connectivity index (χ0) is 21.3. The molecule has 2 fully saturated rings. The van der Waals surface area contributed by atoms with Gasteiger partial charge in [-0.05, 0) is 42.9 Å². The molecule has 1 N–H and O–H groups in total. The highest BCUT2D eigenvalue weighted by Crippen LogP contribution is 2.38. The van der Waals surface area contributed by atoms with Crippen LogP contribution in [0.25, 0.3) is 0 Å². The number of carbonyl (C=O) groups excluding carboxylic acids is 1. The number of amides is 1. The van der Waals surface area contributed by atoms with Gasteiger partial charge in [0.25, 0.3) is 0 Å². The van der Waals surface area contributed by atoms with Gasteiger partial charge in [0, 0.05) is 42.0 Å².